The van der Waals surface area contributed by atoms with Crippen molar-refractivity contribution >= 4 is 34.2 Å². The van der Waals surface area contributed by atoms with Gasteiger partial charge in [-0.1, -0.05) is 30.3 Å². The molecule has 0 aliphatic rings. The molecule has 2 aromatic carbocycles. The minimum atomic E-state index is 0.156. The fourth-order valence-electron chi connectivity index (χ4n) is 2.32. The molecule has 3 N–H and O–H groups in total. The van der Waals surface area contributed by atoms with Gasteiger partial charge in [0.1, 0.15) is 11.3 Å². The number of fused-ring (bicyclic) bond motifs is 3. The fourth-order valence-corrected chi connectivity index (χ4v) is 2.32. The van der Waals surface area contributed by atoms with E-state index in [4.69, 9.17) is 0 Å². The van der Waals surface area contributed by atoms with Gasteiger partial charge in [-0.25, -0.2) is 5.43 Å². The molecule has 0 atom stereocenters. The van der Waals surface area contributed by atoms with Crippen LogP contribution in [0.2, 0.25) is 0 Å². The Hall–Kier alpha value is -3.48. The van der Waals surface area contributed by atoms with Gasteiger partial charge in [0, 0.05) is 16.5 Å². The van der Waals surface area contributed by atoms with Gasteiger partial charge < -0.3 is 10.1 Å². The lowest BCUT2D eigenvalue weighted by Crippen LogP contribution is -1.99. The van der Waals surface area contributed by atoms with E-state index >= 15 is 0 Å². The second-order valence-corrected chi connectivity index (χ2v) is 4.93. The largest absolute Gasteiger partial charge is 0.507 e. The molecule has 112 valence electrons. The lowest BCUT2D eigenvalue weighted by molar-refractivity contribution is 0.474. The number of benzene rings is 2. The zero-order chi connectivity index (χ0) is 15.6. The van der Waals surface area contributed by atoms with Crippen LogP contribution >= 0.6 is 0 Å². The van der Waals surface area contributed by atoms with E-state index in [0.717, 1.165) is 16.4 Å². The molecule has 4 aromatic rings. The standard InChI is InChI=1S/C16H12N6O/c23-13-8-4-1-5-10(13)9-17-21-16-19-15-14(20-22-16)11-6-2-3-7-12(11)18-15/h1-9,23H,(H2,18,19,21,22)/b17-9+. The highest BCUT2D eigenvalue weighted by molar-refractivity contribution is 6.03. The molecule has 23 heavy (non-hydrogen) atoms. The summed E-state index contributed by atoms with van der Waals surface area (Å²) in [5.41, 5.74) is 5.62. The van der Waals surface area contributed by atoms with Crippen LogP contribution in [0, 0.1) is 0 Å². The summed E-state index contributed by atoms with van der Waals surface area (Å²) >= 11 is 0. The average molecular weight is 304 g/mol. The molecule has 2 heterocycles. The molecule has 7 nitrogen and oxygen atoms in total. The first kappa shape index (κ1) is 13.2. The molecule has 2 aromatic heterocycles. The molecule has 0 radical (unpaired) electrons. The van der Waals surface area contributed by atoms with E-state index in [9.17, 15) is 5.11 Å². The first-order chi connectivity index (χ1) is 11.3. The summed E-state index contributed by atoms with van der Waals surface area (Å²) in [6, 6.07) is 14.7. The number of aromatic hydroxyl groups is 1. The summed E-state index contributed by atoms with van der Waals surface area (Å²) in [6.45, 7) is 0. The topological polar surface area (TPSA) is 99.1 Å². The maximum atomic E-state index is 9.66. The zero-order valence-electron chi connectivity index (χ0n) is 11.9. The Morgan fingerprint density at radius 1 is 1.04 bits per heavy atom. The number of H-pyrrole nitrogens is 1. The number of phenols is 1. The molecule has 0 unspecified atom stereocenters. The van der Waals surface area contributed by atoms with Gasteiger partial charge in [-0.3, -0.25) is 0 Å². The van der Waals surface area contributed by atoms with Gasteiger partial charge in [-0.15, -0.1) is 10.2 Å². The number of aromatic amines is 1. The molecule has 4 rings (SSSR count). The summed E-state index contributed by atoms with van der Waals surface area (Å²) in [6.07, 6.45) is 1.49. The van der Waals surface area contributed by atoms with Gasteiger partial charge in [-0.2, -0.15) is 10.1 Å². The number of hydrogen-bond donors (Lipinski definition) is 3. The molecule has 0 spiro atoms. The Labute approximate surface area is 130 Å². The van der Waals surface area contributed by atoms with Gasteiger partial charge in [0.15, 0.2) is 5.65 Å². The monoisotopic (exact) mass is 304 g/mol. The molecule has 0 aliphatic carbocycles. The van der Waals surface area contributed by atoms with Gasteiger partial charge in [0.05, 0.1) is 6.21 Å². The van der Waals surface area contributed by atoms with Crippen molar-refractivity contribution in [3.63, 3.8) is 0 Å². The van der Waals surface area contributed by atoms with Crippen molar-refractivity contribution in [2.45, 2.75) is 0 Å². The van der Waals surface area contributed by atoms with E-state index in [-0.39, 0.29) is 11.7 Å². The number of aromatic nitrogens is 4. The number of anilines is 1. The van der Waals surface area contributed by atoms with Crippen LogP contribution in [0.15, 0.2) is 53.6 Å². The molecule has 0 bridgehead atoms. The van der Waals surface area contributed by atoms with Gasteiger partial charge in [0.25, 0.3) is 5.95 Å². The lowest BCUT2D eigenvalue weighted by Gasteiger charge is -1.98. The van der Waals surface area contributed by atoms with Gasteiger partial charge in [-0.05, 0) is 18.2 Å². The number of rotatable bonds is 3. The van der Waals surface area contributed by atoms with Crippen LogP contribution in [-0.2, 0) is 0 Å². The number of para-hydroxylation sites is 2. The molecule has 0 aliphatic heterocycles. The number of nitrogens with zero attached hydrogens (tertiary/aromatic N) is 4. The summed E-state index contributed by atoms with van der Waals surface area (Å²) in [4.78, 5) is 7.54. The minimum Gasteiger partial charge on any atom is -0.507 e. The second-order valence-electron chi connectivity index (χ2n) is 4.93. The van der Waals surface area contributed by atoms with Crippen molar-refractivity contribution in [3.8, 4) is 5.75 Å². The van der Waals surface area contributed by atoms with Crippen molar-refractivity contribution in [2.24, 2.45) is 5.10 Å². The van der Waals surface area contributed by atoms with Crippen molar-refractivity contribution in [1.82, 2.24) is 20.2 Å². The predicted octanol–water partition coefficient (Wildman–Crippen LogP) is 2.66. The van der Waals surface area contributed by atoms with E-state index in [1.807, 2.05) is 30.3 Å². The molecule has 0 fully saturated rings. The van der Waals surface area contributed by atoms with E-state index in [1.165, 1.54) is 6.21 Å². The second kappa shape index (κ2) is 5.38. The van der Waals surface area contributed by atoms with E-state index in [2.05, 4.69) is 30.7 Å². The minimum absolute atomic E-state index is 0.156. The average Bonchev–Trinajstić information content (AvgIpc) is 2.94. The van der Waals surface area contributed by atoms with E-state index < -0.39 is 0 Å². The Kier molecular flexibility index (Phi) is 3.09. The Balaban J connectivity index is 1.62. The van der Waals surface area contributed by atoms with Crippen LogP contribution < -0.4 is 5.43 Å². The summed E-state index contributed by atoms with van der Waals surface area (Å²) in [5, 5.41) is 22.9. The number of phenolic OH excluding ortho intramolecular Hbond substituents is 1. The molecule has 7 heteroatoms. The highest BCUT2D eigenvalue weighted by Crippen LogP contribution is 2.21. The first-order valence-electron chi connectivity index (χ1n) is 6.99. The lowest BCUT2D eigenvalue weighted by atomic mass is 10.2. The maximum absolute atomic E-state index is 9.66. The normalized spacial score (nSPS) is 11.5. The Morgan fingerprint density at radius 3 is 2.78 bits per heavy atom. The maximum Gasteiger partial charge on any atom is 0.265 e. The van der Waals surface area contributed by atoms with Crippen LogP contribution in [0.3, 0.4) is 0 Å². The number of hydrogen-bond acceptors (Lipinski definition) is 6. The van der Waals surface area contributed by atoms with Crippen LogP contribution in [-0.4, -0.2) is 31.5 Å². The van der Waals surface area contributed by atoms with E-state index in [1.54, 1.807) is 18.2 Å². The summed E-state index contributed by atoms with van der Waals surface area (Å²) in [7, 11) is 0. The molecule has 0 saturated carbocycles. The van der Waals surface area contributed by atoms with Crippen molar-refractivity contribution in [2.75, 3.05) is 5.43 Å². The molecule has 0 amide bonds. The third-order valence-electron chi connectivity index (χ3n) is 3.43. The third kappa shape index (κ3) is 2.44. The summed E-state index contributed by atoms with van der Waals surface area (Å²) < 4.78 is 0. The van der Waals surface area contributed by atoms with Crippen LogP contribution in [0.4, 0.5) is 5.95 Å². The zero-order valence-corrected chi connectivity index (χ0v) is 11.9. The highest BCUT2D eigenvalue weighted by atomic mass is 16.3. The first-order valence-corrected chi connectivity index (χ1v) is 6.99. The smallest absolute Gasteiger partial charge is 0.265 e. The van der Waals surface area contributed by atoms with Crippen LogP contribution in [0.1, 0.15) is 5.56 Å². The highest BCUT2D eigenvalue weighted by Gasteiger charge is 2.07. The van der Waals surface area contributed by atoms with Crippen molar-refractivity contribution in [3.05, 3.63) is 54.1 Å². The van der Waals surface area contributed by atoms with Crippen molar-refractivity contribution < 1.29 is 5.11 Å². The Bertz CT molecular complexity index is 1020. The molecular formula is C16H12N6O. The van der Waals surface area contributed by atoms with Crippen LogP contribution in [0.25, 0.3) is 22.1 Å². The predicted molar refractivity (Wildman–Crippen MR) is 88.5 cm³/mol. The van der Waals surface area contributed by atoms with Gasteiger partial charge in [0.2, 0.25) is 0 Å². The SMILES string of the molecule is Oc1ccccc1/C=N/Nc1nnc2c(n1)[nH]c1ccccc12. The molecule has 0 saturated heterocycles. The number of nitrogens with one attached hydrogen (secondary N) is 2. The fraction of sp³-hybridized carbons (Fsp3) is 0. The van der Waals surface area contributed by atoms with Crippen LogP contribution in [0.5, 0.6) is 5.75 Å². The number of hydrazone groups is 1. The summed E-state index contributed by atoms with van der Waals surface area (Å²) in [5.74, 6) is 0.430. The quantitative estimate of drug-likeness (QED) is 0.399. The molecular weight excluding hydrogens is 292 g/mol. The van der Waals surface area contributed by atoms with Crippen molar-refractivity contribution in [1.29, 1.82) is 0 Å². The Morgan fingerprint density at radius 2 is 1.87 bits per heavy atom. The third-order valence-corrected chi connectivity index (χ3v) is 3.43. The van der Waals surface area contributed by atoms with Gasteiger partial charge >= 0.3 is 0 Å². The van der Waals surface area contributed by atoms with E-state index in [0.29, 0.717) is 11.2 Å².